The van der Waals surface area contributed by atoms with Crippen molar-refractivity contribution < 1.29 is 14.3 Å². The molecule has 0 aliphatic rings. The fraction of sp³-hybridized carbons (Fsp3) is 0.588. The molecular formula is C17H27NO3. The quantitative estimate of drug-likeness (QED) is 0.746. The summed E-state index contributed by atoms with van der Waals surface area (Å²) in [5.41, 5.74) is 3.11. The van der Waals surface area contributed by atoms with Gasteiger partial charge in [0.2, 0.25) is 0 Å². The van der Waals surface area contributed by atoms with E-state index in [1.165, 1.54) is 0 Å². The van der Waals surface area contributed by atoms with Crippen LogP contribution < -0.4 is 5.32 Å². The fourth-order valence-electron chi connectivity index (χ4n) is 2.07. The highest BCUT2D eigenvalue weighted by molar-refractivity contribution is 5.95. The molecule has 1 aromatic carbocycles. The van der Waals surface area contributed by atoms with Gasteiger partial charge in [-0.05, 0) is 37.8 Å². The van der Waals surface area contributed by atoms with E-state index in [0.717, 1.165) is 16.8 Å². The zero-order valence-electron chi connectivity index (χ0n) is 13.7. The lowest BCUT2D eigenvalue weighted by molar-refractivity contribution is -0.127. The number of carbonyl (C=O) groups is 1. The fourth-order valence-corrected chi connectivity index (χ4v) is 2.07. The molecular weight excluding hydrogens is 266 g/mol. The van der Waals surface area contributed by atoms with E-state index in [1.807, 2.05) is 32.0 Å². The summed E-state index contributed by atoms with van der Waals surface area (Å²) in [5.74, 6) is 0.233. The van der Waals surface area contributed by atoms with Gasteiger partial charge in [-0.1, -0.05) is 32.0 Å². The van der Waals surface area contributed by atoms with E-state index in [9.17, 15) is 4.79 Å². The van der Waals surface area contributed by atoms with Gasteiger partial charge >= 0.3 is 0 Å². The summed E-state index contributed by atoms with van der Waals surface area (Å²) in [4.78, 5) is 12.2. The molecule has 1 atom stereocenters. The molecule has 1 aromatic rings. The topological polar surface area (TPSA) is 47.6 Å². The average Bonchev–Trinajstić information content (AvgIpc) is 2.45. The van der Waals surface area contributed by atoms with Crippen LogP contribution in [-0.4, -0.2) is 31.8 Å². The van der Waals surface area contributed by atoms with Gasteiger partial charge in [-0.3, -0.25) is 4.79 Å². The minimum Gasteiger partial charge on any atom is -0.379 e. The molecule has 0 aromatic heterocycles. The highest BCUT2D eigenvalue weighted by Gasteiger charge is 2.17. The van der Waals surface area contributed by atoms with E-state index < -0.39 is 6.10 Å². The zero-order valence-corrected chi connectivity index (χ0v) is 13.7. The van der Waals surface area contributed by atoms with Crippen LogP contribution in [0.15, 0.2) is 18.2 Å². The molecule has 0 heterocycles. The summed E-state index contributed by atoms with van der Waals surface area (Å²) in [6.45, 7) is 11.5. The summed E-state index contributed by atoms with van der Waals surface area (Å²) in [7, 11) is 0. The number of hydrogen-bond donors (Lipinski definition) is 1. The molecule has 118 valence electrons. The number of para-hydroxylation sites is 1. The second-order valence-electron chi connectivity index (χ2n) is 5.39. The molecule has 0 spiro atoms. The summed E-state index contributed by atoms with van der Waals surface area (Å²) in [6.07, 6.45) is -0.495. The average molecular weight is 293 g/mol. The number of aryl methyl sites for hydroxylation is 1. The van der Waals surface area contributed by atoms with Crippen LogP contribution in [-0.2, 0) is 14.3 Å². The second-order valence-corrected chi connectivity index (χ2v) is 5.39. The van der Waals surface area contributed by atoms with Crippen LogP contribution in [0.25, 0.3) is 0 Å². The van der Waals surface area contributed by atoms with Crippen LogP contribution in [0.2, 0.25) is 0 Å². The largest absolute Gasteiger partial charge is 0.379 e. The van der Waals surface area contributed by atoms with Gasteiger partial charge in [0.15, 0.2) is 0 Å². The first-order chi connectivity index (χ1) is 9.97. The lowest BCUT2D eigenvalue weighted by Gasteiger charge is -2.19. The van der Waals surface area contributed by atoms with Gasteiger partial charge in [0.05, 0.1) is 13.2 Å². The summed E-state index contributed by atoms with van der Waals surface area (Å²) in [5, 5.41) is 3.00. The molecule has 0 aliphatic carbocycles. The molecule has 0 radical (unpaired) electrons. The van der Waals surface area contributed by atoms with E-state index in [1.54, 1.807) is 6.92 Å². The van der Waals surface area contributed by atoms with Crippen molar-refractivity contribution in [2.45, 2.75) is 46.6 Å². The second kappa shape index (κ2) is 8.80. The third-order valence-electron chi connectivity index (χ3n) is 3.34. The Labute approximate surface area is 127 Å². The number of rotatable bonds is 8. The van der Waals surface area contributed by atoms with Crippen LogP contribution in [0.3, 0.4) is 0 Å². The smallest absolute Gasteiger partial charge is 0.253 e. The minimum atomic E-state index is -0.495. The van der Waals surface area contributed by atoms with Crippen molar-refractivity contribution in [3.63, 3.8) is 0 Å². The SMILES string of the molecule is CCOCCOC(C)C(=O)Nc1c(C)cccc1C(C)C. The maximum atomic E-state index is 12.2. The van der Waals surface area contributed by atoms with E-state index >= 15 is 0 Å². The summed E-state index contributed by atoms with van der Waals surface area (Å²) in [6, 6.07) is 6.07. The van der Waals surface area contributed by atoms with Gasteiger partial charge in [0.25, 0.3) is 5.91 Å². The maximum Gasteiger partial charge on any atom is 0.253 e. The number of anilines is 1. The van der Waals surface area contributed by atoms with Gasteiger partial charge < -0.3 is 14.8 Å². The van der Waals surface area contributed by atoms with Crippen molar-refractivity contribution in [1.29, 1.82) is 0 Å². The van der Waals surface area contributed by atoms with Crippen molar-refractivity contribution in [3.05, 3.63) is 29.3 Å². The van der Waals surface area contributed by atoms with Crippen molar-refractivity contribution >= 4 is 11.6 Å². The first kappa shape index (κ1) is 17.7. The van der Waals surface area contributed by atoms with E-state index in [-0.39, 0.29) is 5.91 Å². The normalized spacial score (nSPS) is 12.5. The number of hydrogen-bond acceptors (Lipinski definition) is 3. The van der Waals surface area contributed by atoms with Crippen LogP contribution >= 0.6 is 0 Å². The van der Waals surface area contributed by atoms with Crippen molar-refractivity contribution in [3.8, 4) is 0 Å². The highest BCUT2D eigenvalue weighted by Crippen LogP contribution is 2.27. The number of benzene rings is 1. The molecule has 0 saturated heterocycles. The Hall–Kier alpha value is -1.39. The number of carbonyl (C=O) groups excluding carboxylic acids is 1. The molecule has 4 heteroatoms. The standard InChI is InChI=1S/C17H27NO3/c1-6-20-10-11-21-14(5)17(19)18-16-13(4)8-7-9-15(16)12(2)3/h7-9,12,14H,6,10-11H2,1-5H3,(H,18,19). The van der Waals surface area contributed by atoms with Crippen LogP contribution in [0.4, 0.5) is 5.69 Å². The minimum absolute atomic E-state index is 0.123. The summed E-state index contributed by atoms with van der Waals surface area (Å²) >= 11 is 0. The number of amides is 1. The van der Waals surface area contributed by atoms with Gasteiger partial charge in [-0.2, -0.15) is 0 Å². The van der Waals surface area contributed by atoms with Gasteiger partial charge in [0.1, 0.15) is 6.10 Å². The zero-order chi connectivity index (χ0) is 15.8. The van der Waals surface area contributed by atoms with Gasteiger partial charge in [0, 0.05) is 12.3 Å². The Bertz CT molecular complexity index is 457. The number of ether oxygens (including phenoxy) is 2. The molecule has 0 fully saturated rings. The van der Waals surface area contributed by atoms with Crippen LogP contribution in [0.5, 0.6) is 0 Å². The Balaban J connectivity index is 2.66. The predicted molar refractivity (Wildman–Crippen MR) is 85.8 cm³/mol. The Morgan fingerprint density at radius 3 is 2.57 bits per heavy atom. The molecule has 0 saturated carbocycles. The van der Waals surface area contributed by atoms with Crippen molar-refractivity contribution in [2.24, 2.45) is 0 Å². The third kappa shape index (κ3) is 5.48. The van der Waals surface area contributed by atoms with Gasteiger partial charge in [-0.25, -0.2) is 0 Å². The van der Waals surface area contributed by atoms with Gasteiger partial charge in [-0.15, -0.1) is 0 Å². The third-order valence-corrected chi connectivity index (χ3v) is 3.34. The van der Waals surface area contributed by atoms with Crippen molar-refractivity contribution in [2.75, 3.05) is 25.1 Å². The monoisotopic (exact) mass is 293 g/mol. The summed E-state index contributed by atoms with van der Waals surface area (Å²) < 4.78 is 10.7. The predicted octanol–water partition coefficient (Wildman–Crippen LogP) is 3.50. The molecule has 1 rings (SSSR count). The van der Waals surface area contributed by atoms with Crippen LogP contribution in [0.1, 0.15) is 44.7 Å². The highest BCUT2D eigenvalue weighted by atomic mass is 16.5. The molecule has 21 heavy (non-hydrogen) atoms. The maximum absolute atomic E-state index is 12.2. The first-order valence-electron chi connectivity index (χ1n) is 7.57. The molecule has 1 N–H and O–H groups in total. The molecule has 1 amide bonds. The molecule has 0 bridgehead atoms. The van der Waals surface area contributed by atoms with E-state index in [0.29, 0.717) is 25.7 Å². The molecule has 4 nitrogen and oxygen atoms in total. The molecule has 0 aliphatic heterocycles. The van der Waals surface area contributed by atoms with E-state index in [2.05, 4.69) is 19.2 Å². The lowest BCUT2D eigenvalue weighted by Crippen LogP contribution is -2.29. The lowest BCUT2D eigenvalue weighted by atomic mass is 9.98. The van der Waals surface area contributed by atoms with Crippen LogP contribution in [0, 0.1) is 6.92 Å². The molecule has 1 unspecified atom stereocenters. The number of nitrogens with one attached hydrogen (secondary N) is 1. The Morgan fingerprint density at radius 1 is 1.24 bits per heavy atom. The van der Waals surface area contributed by atoms with E-state index in [4.69, 9.17) is 9.47 Å². The first-order valence-corrected chi connectivity index (χ1v) is 7.57. The van der Waals surface area contributed by atoms with Crippen molar-refractivity contribution in [1.82, 2.24) is 0 Å². The Kier molecular flexibility index (Phi) is 7.40. The Morgan fingerprint density at radius 2 is 1.95 bits per heavy atom.